The molecule has 2 amide bonds. The summed E-state index contributed by atoms with van der Waals surface area (Å²) < 4.78 is 5.18. The van der Waals surface area contributed by atoms with Crippen LogP contribution >= 0.6 is 0 Å². The molecule has 0 bridgehead atoms. The summed E-state index contributed by atoms with van der Waals surface area (Å²) in [5.74, 6) is 1.43. The highest BCUT2D eigenvalue weighted by atomic mass is 16.6. The average molecular weight is 468 g/mol. The average Bonchev–Trinajstić information content (AvgIpc) is 3.20. The second-order valence-electron chi connectivity index (χ2n) is 8.91. The van der Waals surface area contributed by atoms with Crippen LogP contribution in [-0.2, 0) is 16.1 Å². The fourth-order valence-electron chi connectivity index (χ4n) is 4.31. The van der Waals surface area contributed by atoms with Crippen LogP contribution in [0.25, 0.3) is 0 Å². The van der Waals surface area contributed by atoms with E-state index in [2.05, 4.69) is 49.4 Å². The Morgan fingerprint density at radius 2 is 1.85 bits per heavy atom. The van der Waals surface area contributed by atoms with Crippen molar-refractivity contribution < 1.29 is 14.3 Å². The number of cyclic esters (lactones) is 1. The van der Waals surface area contributed by atoms with Gasteiger partial charge in [0.25, 0.3) is 0 Å². The van der Waals surface area contributed by atoms with Gasteiger partial charge in [0, 0.05) is 39.6 Å². The fraction of sp³-hybridized carbons (Fsp3) is 0.542. The fourth-order valence-corrected chi connectivity index (χ4v) is 4.31. The number of aromatic nitrogens is 3. The van der Waals surface area contributed by atoms with Crippen LogP contribution in [0.3, 0.4) is 0 Å². The first-order chi connectivity index (χ1) is 16.3. The molecule has 182 valence electrons. The highest BCUT2D eigenvalue weighted by molar-refractivity contribution is 5.88. The lowest BCUT2D eigenvalue weighted by molar-refractivity contribution is -0.130. The normalized spacial score (nSPS) is 19.8. The topological polar surface area (TPSA) is 104 Å². The summed E-state index contributed by atoms with van der Waals surface area (Å²) in [7, 11) is 0. The molecule has 0 radical (unpaired) electrons. The van der Waals surface area contributed by atoms with E-state index in [0.717, 1.165) is 44.7 Å². The third-order valence-electron chi connectivity index (χ3n) is 6.43. The van der Waals surface area contributed by atoms with E-state index in [1.165, 1.54) is 10.5 Å². The molecule has 1 N–H and O–H groups in total. The smallest absolute Gasteiger partial charge is 0.417 e. The van der Waals surface area contributed by atoms with Gasteiger partial charge < -0.3 is 15.0 Å². The van der Waals surface area contributed by atoms with Crippen LogP contribution in [0.15, 0.2) is 24.3 Å². The zero-order valence-corrected chi connectivity index (χ0v) is 20.3. The number of nitrogens with zero attached hydrogens (tertiary/aromatic N) is 6. The molecule has 0 spiro atoms. The summed E-state index contributed by atoms with van der Waals surface area (Å²) >= 11 is 0. The van der Waals surface area contributed by atoms with Crippen molar-refractivity contribution in [3.05, 3.63) is 41.2 Å². The second-order valence-corrected chi connectivity index (χ2v) is 8.91. The van der Waals surface area contributed by atoms with Crippen LogP contribution in [-0.4, -0.2) is 75.6 Å². The quantitative estimate of drug-likeness (QED) is 0.663. The Bertz CT molecular complexity index is 1020. The van der Waals surface area contributed by atoms with E-state index >= 15 is 0 Å². The minimum Gasteiger partial charge on any atom is -0.447 e. The van der Waals surface area contributed by atoms with Crippen LogP contribution in [0.1, 0.15) is 50.2 Å². The number of rotatable bonds is 7. The second kappa shape index (κ2) is 10.3. The first kappa shape index (κ1) is 23.9. The molecule has 2 aromatic rings. The number of ether oxygens (including phenoxy) is 1. The highest BCUT2D eigenvalue weighted by Gasteiger charge is 2.35. The zero-order chi connectivity index (χ0) is 24.2. The largest absolute Gasteiger partial charge is 0.447 e. The number of benzene rings is 1. The van der Waals surface area contributed by atoms with Crippen molar-refractivity contribution in [2.24, 2.45) is 0 Å². The maximum absolute atomic E-state index is 12.2. The number of anilines is 2. The maximum Gasteiger partial charge on any atom is 0.417 e. The van der Waals surface area contributed by atoms with Gasteiger partial charge in [0.1, 0.15) is 12.4 Å². The van der Waals surface area contributed by atoms with Gasteiger partial charge in [0.2, 0.25) is 17.8 Å². The van der Waals surface area contributed by atoms with Crippen molar-refractivity contribution in [3.63, 3.8) is 0 Å². The Kier molecular flexibility index (Phi) is 7.26. The summed E-state index contributed by atoms with van der Waals surface area (Å²) in [6.45, 7) is 12.0. The highest BCUT2D eigenvalue weighted by Crippen LogP contribution is 2.24. The molecule has 0 aliphatic carbocycles. The molecule has 3 heterocycles. The summed E-state index contributed by atoms with van der Waals surface area (Å²) in [6, 6.07) is 8.40. The molecule has 2 aliphatic heterocycles. The van der Waals surface area contributed by atoms with Crippen molar-refractivity contribution in [2.75, 3.05) is 43.0 Å². The van der Waals surface area contributed by atoms with Gasteiger partial charge in [-0.1, -0.05) is 31.2 Å². The van der Waals surface area contributed by atoms with E-state index in [-0.39, 0.29) is 18.0 Å². The Balaban J connectivity index is 1.38. The van der Waals surface area contributed by atoms with E-state index in [1.54, 1.807) is 13.8 Å². The molecule has 10 heteroatoms. The molecule has 2 saturated heterocycles. The Morgan fingerprint density at radius 1 is 1.15 bits per heavy atom. The van der Waals surface area contributed by atoms with Crippen molar-refractivity contribution >= 4 is 23.9 Å². The Hall–Kier alpha value is -3.27. The van der Waals surface area contributed by atoms with Crippen LogP contribution in [0.4, 0.5) is 16.7 Å². The number of carbonyl (C=O) groups is 2. The van der Waals surface area contributed by atoms with Crippen LogP contribution in [0.2, 0.25) is 0 Å². The van der Waals surface area contributed by atoms with Gasteiger partial charge >= 0.3 is 6.09 Å². The summed E-state index contributed by atoms with van der Waals surface area (Å²) in [5, 5.41) is 3.34. The van der Waals surface area contributed by atoms with Crippen molar-refractivity contribution in [1.29, 1.82) is 0 Å². The lowest BCUT2D eigenvalue weighted by atomic mass is 10.1. The van der Waals surface area contributed by atoms with E-state index < -0.39 is 6.09 Å². The molecule has 1 aromatic carbocycles. The number of carbonyl (C=O) groups excluding carboxylic acids is 2. The summed E-state index contributed by atoms with van der Waals surface area (Å²) in [4.78, 5) is 42.8. The molecule has 2 aliphatic rings. The van der Waals surface area contributed by atoms with Gasteiger partial charge in [0.05, 0.1) is 12.1 Å². The Labute approximate surface area is 200 Å². The number of aryl methyl sites for hydroxylation is 1. The minimum absolute atomic E-state index is 0.0321. The molecule has 10 nitrogen and oxygen atoms in total. The van der Waals surface area contributed by atoms with Crippen molar-refractivity contribution in [1.82, 2.24) is 24.8 Å². The van der Waals surface area contributed by atoms with Gasteiger partial charge in [-0.3, -0.25) is 9.69 Å². The molecule has 2 atom stereocenters. The molecular formula is C24H33N7O3. The first-order valence-corrected chi connectivity index (χ1v) is 11.9. The predicted octanol–water partition coefficient (Wildman–Crippen LogP) is 2.75. The van der Waals surface area contributed by atoms with E-state index in [4.69, 9.17) is 4.74 Å². The van der Waals surface area contributed by atoms with E-state index in [1.807, 2.05) is 18.7 Å². The molecule has 1 aromatic heterocycles. The van der Waals surface area contributed by atoms with Crippen molar-refractivity contribution in [3.8, 4) is 0 Å². The predicted molar refractivity (Wildman–Crippen MR) is 128 cm³/mol. The number of hydrogen-bond acceptors (Lipinski definition) is 8. The number of hydrogen-bond donors (Lipinski definition) is 1. The van der Waals surface area contributed by atoms with Gasteiger partial charge in [-0.25, -0.2) is 9.69 Å². The molecular weight excluding hydrogens is 434 g/mol. The minimum atomic E-state index is -0.422. The summed E-state index contributed by atoms with van der Waals surface area (Å²) in [5.41, 5.74) is 2.35. The van der Waals surface area contributed by atoms with Gasteiger partial charge in [0.15, 0.2) is 0 Å². The SMILES string of the molecule is CC[C@H]1COC(=O)N1c1nc(C)nc(N[C@@H](C)c2ccc(CN3CCN(C(C)=O)CC3)cc2)n1. The van der Waals surface area contributed by atoms with Crippen molar-refractivity contribution in [2.45, 2.75) is 52.7 Å². The zero-order valence-electron chi connectivity index (χ0n) is 20.3. The van der Waals surface area contributed by atoms with Gasteiger partial charge in [-0.15, -0.1) is 0 Å². The van der Waals surface area contributed by atoms with Gasteiger partial charge in [-0.2, -0.15) is 15.0 Å². The van der Waals surface area contributed by atoms with Crippen LogP contribution in [0, 0.1) is 6.92 Å². The Morgan fingerprint density at radius 3 is 2.50 bits per heavy atom. The molecule has 2 fully saturated rings. The third kappa shape index (κ3) is 5.44. The maximum atomic E-state index is 12.2. The number of amides is 2. The first-order valence-electron chi connectivity index (χ1n) is 11.9. The van der Waals surface area contributed by atoms with E-state index in [9.17, 15) is 9.59 Å². The van der Waals surface area contributed by atoms with Crippen LogP contribution < -0.4 is 10.2 Å². The lowest BCUT2D eigenvalue weighted by Crippen LogP contribution is -2.47. The summed E-state index contributed by atoms with van der Waals surface area (Å²) in [6.07, 6.45) is 0.337. The molecule has 4 rings (SSSR count). The van der Waals surface area contributed by atoms with Gasteiger partial charge in [-0.05, 0) is 31.4 Å². The standard InChI is InChI=1S/C24H33N7O3/c1-5-21-15-34-24(33)31(21)23-27-17(3)26-22(28-23)25-16(2)20-8-6-19(7-9-20)14-29-10-12-30(13-11-29)18(4)32/h6-9,16,21H,5,10-15H2,1-4H3,(H,25,26,27,28)/t16-,21-/m0/s1. The molecule has 34 heavy (non-hydrogen) atoms. The molecule has 0 saturated carbocycles. The van der Waals surface area contributed by atoms with Crippen LogP contribution in [0.5, 0.6) is 0 Å². The lowest BCUT2D eigenvalue weighted by Gasteiger charge is -2.34. The number of piperazine rings is 1. The third-order valence-corrected chi connectivity index (χ3v) is 6.43. The van der Waals surface area contributed by atoms with E-state index in [0.29, 0.717) is 24.3 Å². The number of nitrogens with one attached hydrogen (secondary N) is 1. The monoisotopic (exact) mass is 467 g/mol. The molecule has 0 unspecified atom stereocenters.